The first-order chi connectivity index (χ1) is 9.64. The Labute approximate surface area is 122 Å². The van der Waals surface area contributed by atoms with Crippen LogP contribution in [0.15, 0.2) is 60.7 Å². The van der Waals surface area contributed by atoms with E-state index in [0.717, 1.165) is 12.8 Å². The number of hydrazine groups is 1. The quantitative estimate of drug-likeness (QED) is 0.622. The van der Waals surface area contributed by atoms with Gasteiger partial charge in [0.2, 0.25) is 0 Å². The van der Waals surface area contributed by atoms with Crippen LogP contribution in [0.5, 0.6) is 0 Å². The lowest BCUT2D eigenvalue weighted by Crippen LogP contribution is -2.48. The zero-order valence-corrected chi connectivity index (χ0v) is 12.3. The molecule has 2 aromatic rings. The molecule has 0 aliphatic heterocycles. The molecule has 0 fully saturated rings. The summed E-state index contributed by atoms with van der Waals surface area (Å²) < 4.78 is 0. The maximum atomic E-state index is 5.81. The third kappa shape index (κ3) is 3.47. The van der Waals surface area contributed by atoms with E-state index in [-0.39, 0.29) is 11.5 Å². The van der Waals surface area contributed by atoms with Crippen molar-refractivity contribution in [1.29, 1.82) is 0 Å². The average Bonchev–Trinajstić information content (AvgIpc) is 2.49. The molecule has 0 heterocycles. The molecular formula is C18H24N2. The maximum Gasteiger partial charge on any atom is 0.0305 e. The maximum absolute atomic E-state index is 5.81. The van der Waals surface area contributed by atoms with E-state index in [2.05, 4.69) is 79.9 Å². The van der Waals surface area contributed by atoms with Gasteiger partial charge in [0, 0.05) is 11.5 Å². The summed E-state index contributed by atoms with van der Waals surface area (Å²) >= 11 is 0. The Morgan fingerprint density at radius 1 is 0.950 bits per heavy atom. The Balaban J connectivity index is 2.08. The fraction of sp³-hybridized carbons (Fsp3) is 0.333. The van der Waals surface area contributed by atoms with E-state index in [1.165, 1.54) is 11.1 Å². The molecule has 0 radical (unpaired) electrons. The van der Waals surface area contributed by atoms with Crippen LogP contribution in [-0.4, -0.2) is 6.04 Å². The predicted octanol–water partition coefficient (Wildman–Crippen LogP) is 3.43. The van der Waals surface area contributed by atoms with E-state index in [0.29, 0.717) is 0 Å². The summed E-state index contributed by atoms with van der Waals surface area (Å²) in [5, 5.41) is 0. The molecule has 2 rings (SSSR count). The normalized spacial score (nSPS) is 13.2. The number of hydrogen-bond donors (Lipinski definition) is 2. The van der Waals surface area contributed by atoms with E-state index in [1.54, 1.807) is 0 Å². The first-order valence-corrected chi connectivity index (χ1v) is 7.20. The van der Waals surface area contributed by atoms with Crippen molar-refractivity contribution in [3.8, 4) is 0 Å². The Hall–Kier alpha value is -1.64. The summed E-state index contributed by atoms with van der Waals surface area (Å²) in [6.07, 6.45) is 2.05. The molecule has 1 unspecified atom stereocenters. The molecule has 0 spiro atoms. The second-order valence-electron chi connectivity index (χ2n) is 5.83. The standard InChI is InChI=1S/C18H24N2/c1-18(2,16-11-7-4-8-12-16)17(20-19)14-13-15-9-5-3-6-10-15/h3-12,17,20H,13-14,19H2,1-2H3. The molecule has 1 atom stereocenters. The van der Waals surface area contributed by atoms with Crippen LogP contribution in [0.3, 0.4) is 0 Å². The molecule has 2 nitrogen and oxygen atoms in total. The smallest absolute Gasteiger partial charge is 0.0305 e. The van der Waals surface area contributed by atoms with Crippen LogP contribution >= 0.6 is 0 Å². The monoisotopic (exact) mass is 268 g/mol. The van der Waals surface area contributed by atoms with Crippen LogP contribution in [0.2, 0.25) is 0 Å². The minimum absolute atomic E-state index is 0.00475. The van der Waals surface area contributed by atoms with Gasteiger partial charge < -0.3 is 0 Å². The number of rotatable bonds is 6. The van der Waals surface area contributed by atoms with Crippen LogP contribution in [0.25, 0.3) is 0 Å². The molecule has 0 saturated heterocycles. The van der Waals surface area contributed by atoms with Gasteiger partial charge in [-0.25, -0.2) is 0 Å². The number of aryl methyl sites for hydroxylation is 1. The van der Waals surface area contributed by atoms with Crippen molar-refractivity contribution >= 4 is 0 Å². The van der Waals surface area contributed by atoms with Gasteiger partial charge in [-0.3, -0.25) is 11.3 Å². The van der Waals surface area contributed by atoms with Crippen LogP contribution in [0.1, 0.15) is 31.4 Å². The van der Waals surface area contributed by atoms with Crippen molar-refractivity contribution in [2.24, 2.45) is 5.84 Å². The molecular weight excluding hydrogens is 244 g/mol. The Kier molecular flexibility index (Phi) is 4.94. The van der Waals surface area contributed by atoms with Crippen molar-refractivity contribution in [1.82, 2.24) is 5.43 Å². The summed E-state index contributed by atoms with van der Waals surface area (Å²) in [6.45, 7) is 4.50. The van der Waals surface area contributed by atoms with E-state index in [1.807, 2.05) is 0 Å². The summed E-state index contributed by atoms with van der Waals surface area (Å²) in [4.78, 5) is 0. The van der Waals surface area contributed by atoms with Gasteiger partial charge in [-0.2, -0.15) is 0 Å². The van der Waals surface area contributed by atoms with E-state index in [9.17, 15) is 0 Å². The summed E-state index contributed by atoms with van der Waals surface area (Å²) in [6, 6.07) is 21.4. The van der Waals surface area contributed by atoms with Gasteiger partial charge in [0.05, 0.1) is 0 Å². The Morgan fingerprint density at radius 2 is 1.50 bits per heavy atom. The van der Waals surface area contributed by atoms with E-state index >= 15 is 0 Å². The topological polar surface area (TPSA) is 38.0 Å². The van der Waals surface area contributed by atoms with Crippen molar-refractivity contribution < 1.29 is 0 Å². The minimum atomic E-state index is 0.00475. The molecule has 20 heavy (non-hydrogen) atoms. The third-order valence-electron chi connectivity index (χ3n) is 4.15. The van der Waals surface area contributed by atoms with Gasteiger partial charge >= 0.3 is 0 Å². The molecule has 0 bridgehead atoms. The molecule has 3 N–H and O–H groups in total. The minimum Gasteiger partial charge on any atom is -0.271 e. The highest BCUT2D eigenvalue weighted by molar-refractivity contribution is 5.26. The first kappa shape index (κ1) is 14.8. The van der Waals surface area contributed by atoms with Crippen LogP contribution < -0.4 is 11.3 Å². The van der Waals surface area contributed by atoms with E-state index < -0.39 is 0 Å². The third-order valence-corrected chi connectivity index (χ3v) is 4.15. The molecule has 0 aromatic heterocycles. The number of nitrogens with two attached hydrogens (primary N) is 1. The first-order valence-electron chi connectivity index (χ1n) is 7.20. The van der Waals surface area contributed by atoms with Crippen molar-refractivity contribution in [3.05, 3.63) is 71.8 Å². The SMILES string of the molecule is CC(C)(c1ccccc1)C(CCc1ccccc1)NN. The lowest BCUT2D eigenvalue weighted by Gasteiger charge is -2.34. The van der Waals surface area contributed by atoms with Crippen molar-refractivity contribution in [2.45, 2.75) is 38.1 Å². The van der Waals surface area contributed by atoms with Crippen LogP contribution in [-0.2, 0) is 11.8 Å². The van der Waals surface area contributed by atoms with Gasteiger partial charge in [-0.15, -0.1) is 0 Å². The molecule has 0 saturated carbocycles. The highest BCUT2D eigenvalue weighted by Gasteiger charge is 2.30. The van der Waals surface area contributed by atoms with Gasteiger partial charge in [0.25, 0.3) is 0 Å². The summed E-state index contributed by atoms with van der Waals surface area (Å²) in [5.74, 6) is 5.81. The van der Waals surface area contributed by atoms with Gasteiger partial charge in [0.1, 0.15) is 0 Å². The summed E-state index contributed by atoms with van der Waals surface area (Å²) in [7, 11) is 0. The zero-order chi connectivity index (χ0) is 14.4. The van der Waals surface area contributed by atoms with Crippen LogP contribution in [0, 0.1) is 0 Å². The number of hydrogen-bond acceptors (Lipinski definition) is 2. The van der Waals surface area contributed by atoms with E-state index in [4.69, 9.17) is 5.84 Å². The molecule has 106 valence electrons. The fourth-order valence-electron chi connectivity index (χ4n) is 2.68. The highest BCUT2D eigenvalue weighted by atomic mass is 15.2. The number of benzene rings is 2. The second-order valence-corrected chi connectivity index (χ2v) is 5.83. The lowest BCUT2D eigenvalue weighted by molar-refractivity contribution is 0.326. The highest BCUT2D eigenvalue weighted by Crippen LogP contribution is 2.29. The molecule has 2 heteroatoms. The van der Waals surface area contributed by atoms with Gasteiger partial charge in [-0.1, -0.05) is 74.5 Å². The molecule has 0 aliphatic rings. The number of nitrogens with one attached hydrogen (secondary N) is 1. The van der Waals surface area contributed by atoms with Gasteiger partial charge in [-0.05, 0) is 24.0 Å². The molecule has 0 aliphatic carbocycles. The van der Waals surface area contributed by atoms with Gasteiger partial charge in [0.15, 0.2) is 0 Å². The lowest BCUT2D eigenvalue weighted by atomic mass is 9.76. The zero-order valence-electron chi connectivity index (χ0n) is 12.3. The second kappa shape index (κ2) is 6.69. The van der Waals surface area contributed by atoms with Crippen molar-refractivity contribution in [2.75, 3.05) is 0 Å². The summed E-state index contributed by atoms with van der Waals surface area (Å²) in [5.41, 5.74) is 5.69. The Bertz CT molecular complexity index is 505. The van der Waals surface area contributed by atoms with Crippen LogP contribution in [0.4, 0.5) is 0 Å². The fourth-order valence-corrected chi connectivity index (χ4v) is 2.68. The average molecular weight is 268 g/mol. The Morgan fingerprint density at radius 3 is 2.05 bits per heavy atom. The van der Waals surface area contributed by atoms with Crippen molar-refractivity contribution in [3.63, 3.8) is 0 Å². The predicted molar refractivity (Wildman–Crippen MR) is 85.3 cm³/mol. The molecule has 0 amide bonds. The molecule has 2 aromatic carbocycles. The largest absolute Gasteiger partial charge is 0.271 e.